The Balaban J connectivity index is 2.03. The standard InChI is InChI=1S/C14H20N4/c1-11(2)12-4-3-6-18(7-5-12)14-10-16-13(8-15)9-17-14/h9-12H,3-7H2,1-2H3. The van der Waals surface area contributed by atoms with E-state index in [-0.39, 0.29) is 0 Å². The fourth-order valence-electron chi connectivity index (χ4n) is 2.56. The topological polar surface area (TPSA) is 52.8 Å². The van der Waals surface area contributed by atoms with E-state index in [2.05, 4.69) is 28.7 Å². The second-order valence-corrected chi connectivity index (χ2v) is 5.29. The molecule has 1 saturated heterocycles. The third kappa shape index (κ3) is 2.98. The highest BCUT2D eigenvalue weighted by atomic mass is 15.2. The van der Waals surface area contributed by atoms with Crippen molar-refractivity contribution in [3.63, 3.8) is 0 Å². The van der Waals surface area contributed by atoms with Crippen molar-refractivity contribution in [2.45, 2.75) is 33.1 Å². The summed E-state index contributed by atoms with van der Waals surface area (Å²) < 4.78 is 0. The molecule has 4 heteroatoms. The lowest BCUT2D eigenvalue weighted by molar-refractivity contribution is 0.351. The van der Waals surface area contributed by atoms with Gasteiger partial charge in [0.05, 0.1) is 12.4 Å². The number of nitriles is 1. The van der Waals surface area contributed by atoms with E-state index in [0.717, 1.165) is 30.7 Å². The van der Waals surface area contributed by atoms with Gasteiger partial charge in [0.25, 0.3) is 0 Å². The summed E-state index contributed by atoms with van der Waals surface area (Å²) >= 11 is 0. The van der Waals surface area contributed by atoms with Crippen molar-refractivity contribution >= 4 is 5.82 Å². The lowest BCUT2D eigenvalue weighted by Crippen LogP contribution is -2.25. The number of aromatic nitrogens is 2. The van der Waals surface area contributed by atoms with Gasteiger partial charge < -0.3 is 4.90 Å². The Kier molecular flexibility index (Phi) is 4.14. The molecule has 4 nitrogen and oxygen atoms in total. The number of anilines is 1. The van der Waals surface area contributed by atoms with Crippen LogP contribution in [0.1, 0.15) is 38.8 Å². The van der Waals surface area contributed by atoms with Crippen LogP contribution in [0.15, 0.2) is 12.4 Å². The average Bonchev–Trinajstić information content (AvgIpc) is 2.64. The highest BCUT2D eigenvalue weighted by Crippen LogP contribution is 2.26. The van der Waals surface area contributed by atoms with Crippen molar-refractivity contribution in [1.82, 2.24) is 9.97 Å². The van der Waals surface area contributed by atoms with Gasteiger partial charge in [-0.05, 0) is 31.1 Å². The first-order chi connectivity index (χ1) is 8.70. The highest BCUT2D eigenvalue weighted by molar-refractivity contribution is 5.37. The Morgan fingerprint density at radius 1 is 1.28 bits per heavy atom. The Bertz CT molecular complexity index is 418. The summed E-state index contributed by atoms with van der Waals surface area (Å²) in [5.41, 5.74) is 0.383. The molecule has 0 aliphatic carbocycles. The number of nitrogens with zero attached hydrogens (tertiary/aromatic N) is 4. The van der Waals surface area contributed by atoms with Crippen LogP contribution >= 0.6 is 0 Å². The molecule has 1 aliphatic rings. The molecule has 2 rings (SSSR count). The smallest absolute Gasteiger partial charge is 0.158 e. The molecule has 0 N–H and O–H groups in total. The van der Waals surface area contributed by atoms with Crippen molar-refractivity contribution in [2.24, 2.45) is 11.8 Å². The Morgan fingerprint density at radius 3 is 2.72 bits per heavy atom. The molecule has 2 heterocycles. The molecular weight excluding hydrogens is 224 g/mol. The van der Waals surface area contributed by atoms with Crippen LogP contribution in [0.2, 0.25) is 0 Å². The molecule has 1 aromatic heterocycles. The zero-order valence-electron chi connectivity index (χ0n) is 11.1. The molecule has 0 aromatic carbocycles. The van der Waals surface area contributed by atoms with Gasteiger partial charge in [-0.2, -0.15) is 5.26 Å². The molecule has 1 unspecified atom stereocenters. The molecule has 18 heavy (non-hydrogen) atoms. The van der Waals surface area contributed by atoms with Crippen LogP contribution < -0.4 is 4.90 Å². The van der Waals surface area contributed by atoms with Gasteiger partial charge in [0, 0.05) is 13.1 Å². The minimum atomic E-state index is 0.383. The minimum absolute atomic E-state index is 0.383. The van der Waals surface area contributed by atoms with Gasteiger partial charge in [-0.15, -0.1) is 0 Å². The molecule has 1 aliphatic heterocycles. The lowest BCUT2D eigenvalue weighted by atomic mass is 9.89. The maximum atomic E-state index is 8.71. The van der Waals surface area contributed by atoms with Crippen LogP contribution in [0, 0.1) is 23.2 Å². The molecule has 0 amide bonds. The summed E-state index contributed by atoms with van der Waals surface area (Å²) in [7, 11) is 0. The van der Waals surface area contributed by atoms with Gasteiger partial charge >= 0.3 is 0 Å². The number of hydrogen-bond acceptors (Lipinski definition) is 4. The Hall–Kier alpha value is -1.63. The summed E-state index contributed by atoms with van der Waals surface area (Å²) in [4.78, 5) is 10.7. The maximum Gasteiger partial charge on any atom is 0.158 e. The fraction of sp³-hybridized carbons (Fsp3) is 0.643. The first-order valence-electron chi connectivity index (χ1n) is 6.68. The van der Waals surface area contributed by atoms with E-state index < -0.39 is 0 Å². The quantitative estimate of drug-likeness (QED) is 0.802. The fourth-order valence-corrected chi connectivity index (χ4v) is 2.56. The largest absolute Gasteiger partial charge is 0.355 e. The first-order valence-corrected chi connectivity index (χ1v) is 6.68. The normalized spacial score (nSPS) is 20.6. The van der Waals surface area contributed by atoms with E-state index in [1.807, 2.05) is 6.07 Å². The predicted octanol–water partition coefficient (Wildman–Crippen LogP) is 2.61. The molecule has 0 spiro atoms. The number of hydrogen-bond donors (Lipinski definition) is 0. The van der Waals surface area contributed by atoms with Crippen LogP contribution in [-0.4, -0.2) is 23.1 Å². The van der Waals surface area contributed by atoms with Gasteiger partial charge in [0.1, 0.15) is 11.9 Å². The van der Waals surface area contributed by atoms with Crippen LogP contribution in [0.5, 0.6) is 0 Å². The monoisotopic (exact) mass is 244 g/mol. The van der Waals surface area contributed by atoms with Crippen molar-refractivity contribution in [1.29, 1.82) is 5.26 Å². The SMILES string of the molecule is CC(C)C1CCCN(c2cnc(C#N)cn2)CC1. The lowest BCUT2D eigenvalue weighted by Gasteiger charge is -2.22. The zero-order valence-corrected chi connectivity index (χ0v) is 11.1. The van der Waals surface area contributed by atoms with Crippen molar-refractivity contribution in [2.75, 3.05) is 18.0 Å². The molecule has 1 aromatic rings. The molecular formula is C14H20N4. The van der Waals surface area contributed by atoms with Crippen LogP contribution in [0.4, 0.5) is 5.82 Å². The van der Waals surface area contributed by atoms with E-state index in [1.54, 1.807) is 12.4 Å². The third-order valence-corrected chi connectivity index (χ3v) is 3.79. The molecule has 0 radical (unpaired) electrons. The molecule has 0 saturated carbocycles. The van der Waals surface area contributed by atoms with Crippen molar-refractivity contribution in [3.8, 4) is 6.07 Å². The van der Waals surface area contributed by atoms with Gasteiger partial charge in [-0.1, -0.05) is 13.8 Å². The Labute approximate surface area is 109 Å². The summed E-state index contributed by atoms with van der Waals surface area (Å²) in [6, 6.07) is 2.00. The zero-order chi connectivity index (χ0) is 13.0. The van der Waals surface area contributed by atoms with Crippen molar-refractivity contribution < 1.29 is 0 Å². The summed E-state index contributed by atoms with van der Waals surface area (Å²) in [5, 5.41) is 8.71. The summed E-state index contributed by atoms with van der Waals surface area (Å²) in [6.07, 6.45) is 7.01. The highest BCUT2D eigenvalue weighted by Gasteiger charge is 2.20. The summed E-state index contributed by atoms with van der Waals surface area (Å²) in [5.74, 6) is 2.48. The predicted molar refractivity (Wildman–Crippen MR) is 71.1 cm³/mol. The van der Waals surface area contributed by atoms with Crippen LogP contribution in [-0.2, 0) is 0 Å². The van der Waals surface area contributed by atoms with E-state index in [4.69, 9.17) is 5.26 Å². The second-order valence-electron chi connectivity index (χ2n) is 5.29. The molecule has 1 atom stereocenters. The minimum Gasteiger partial charge on any atom is -0.355 e. The third-order valence-electron chi connectivity index (χ3n) is 3.79. The van der Waals surface area contributed by atoms with E-state index in [0.29, 0.717) is 5.69 Å². The van der Waals surface area contributed by atoms with Gasteiger partial charge in [-0.3, -0.25) is 0 Å². The molecule has 0 bridgehead atoms. The number of rotatable bonds is 2. The van der Waals surface area contributed by atoms with E-state index in [1.165, 1.54) is 19.3 Å². The summed E-state index contributed by atoms with van der Waals surface area (Å²) in [6.45, 7) is 6.71. The van der Waals surface area contributed by atoms with Crippen molar-refractivity contribution in [3.05, 3.63) is 18.1 Å². The second kappa shape index (κ2) is 5.81. The van der Waals surface area contributed by atoms with Crippen LogP contribution in [0.3, 0.4) is 0 Å². The van der Waals surface area contributed by atoms with Gasteiger partial charge in [-0.25, -0.2) is 9.97 Å². The van der Waals surface area contributed by atoms with E-state index >= 15 is 0 Å². The maximum absolute atomic E-state index is 8.71. The van der Waals surface area contributed by atoms with Crippen LogP contribution in [0.25, 0.3) is 0 Å². The first kappa shape index (κ1) is 12.8. The molecule has 96 valence electrons. The van der Waals surface area contributed by atoms with Gasteiger partial charge in [0.15, 0.2) is 5.69 Å². The van der Waals surface area contributed by atoms with Gasteiger partial charge in [0.2, 0.25) is 0 Å². The molecule has 1 fully saturated rings. The van der Waals surface area contributed by atoms with E-state index in [9.17, 15) is 0 Å². The Morgan fingerprint density at radius 2 is 2.11 bits per heavy atom. The average molecular weight is 244 g/mol.